The molecule has 2 aromatic carbocycles. The Morgan fingerprint density at radius 1 is 1.10 bits per heavy atom. The Morgan fingerprint density at radius 2 is 1.86 bits per heavy atom. The smallest absolute Gasteiger partial charge is 0.0731 e. The van der Waals surface area contributed by atoms with Gasteiger partial charge in [0, 0.05) is 4.88 Å². The highest BCUT2D eigenvalue weighted by Crippen LogP contribution is 2.35. The molecular weight excluding hydrogens is 342 g/mol. The Labute approximate surface area is 138 Å². The summed E-state index contributed by atoms with van der Waals surface area (Å²) in [4.78, 5) is 1.36. The molecular formula is C18H18BrNS. The van der Waals surface area contributed by atoms with Crippen molar-refractivity contribution in [3.63, 3.8) is 0 Å². The molecule has 1 nitrogen and oxygen atoms in total. The second-order valence-electron chi connectivity index (χ2n) is 5.20. The lowest BCUT2D eigenvalue weighted by Gasteiger charge is -2.17. The van der Waals surface area contributed by atoms with Gasteiger partial charge >= 0.3 is 0 Å². The lowest BCUT2D eigenvalue weighted by molar-refractivity contribution is 0.640. The van der Waals surface area contributed by atoms with Gasteiger partial charge in [0.15, 0.2) is 0 Å². The van der Waals surface area contributed by atoms with Crippen LogP contribution in [0.15, 0.2) is 52.3 Å². The zero-order valence-corrected chi connectivity index (χ0v) is 14.6. The van der Waals surface area contributed by atoms with E-state index in [4.69, 9.17) is 0 Å². The summed E-state index contributed by atoms with van der Waals surface area (Å²) >= 11 is 5.46. The molecule has 3 heteroatoms. The van der Waals surface area contributed by atoms with Gasteiger partial charge in [-0.1, -0.05) is 43.3 Å². The molecule has 21 heavy (non-hydrogen) atoms. The third kappa shape index (κ3) is 3.05. The molecule has 1 heterocycles. The van der Waals surface area contributed by atoms with Crippen LogP contribution in [0.1, 0.15) is 29.0 Å². The summed E-state index contributed by atoms with van der Waals surface area (Å²) in [6.07, 6.45) is 0. The lowest BCUT2D eigenvalue weighted by atomic mass is 10.0. The topological polar surface area (TPSA) is 12.0 Å². The highest BCUT2D eigenvalue weighted by atomic mass is 79.9. The summed E-state index contributed by atoms with van der Waals surface area (Å²) in [6, 6.07) is 17.8. The van der Waals surface area contributed by atoms with Crippen molar-refractivity contribution in [3.05, 3.63) is 68.3 Å². The van der Waals surface area contributed by atoms with Crippen LogP contribution in [0.2, 0.25) is 0 Å². The molecule has 0 fully saturated rings. The maximum absolute atomic E-state index is 3.64. The van der Waals surface area contributed by atoms with Crippen molar-refractivity contribution < 1.29 is 0 Å². The summed E-state index contributed by atoms with van der Waals surface area (Å²) < 4.78 is 1.22. The number of halogens is 1. The predicted octanol–water partition coefficient (Wildman–Crippen LogP) is 5.67. The van der Waals surface area contributed by atoms with Gasteiger partial charge in [0.05, 0.1) is 9.83 Å². The Bertz CT molecular complexity index is 743. The third-order valence-electron chi connectivity index (χ3n) is 3.68. The number of aryl methyl sites for hydroxylation is 1. The van der Waals surface area contributed by atoms with E-state index in [1.165, 1.54) is 30.6 Å². The van der Waals surface area contributed by atoms with E-state index in [0.29, 0.717) is 0 Å². The molecule has 0 spiro atoms. The van der Waals surface area contributed by atoms with Crippen LogP contribution in [-0.4, -0.2) is 6.54 Å². The van der Waals surface area contributed by atoms with Gasteiger partial charge in [-0.15, -0.1) is 11.3 Å². The molecule has 1 unspecified atom stereocenters. The third-order valence-corrected chi connectivity index (χ3v) is 5.88. The number of thiophene rings is 1. The summed E-state index contributed by atoms with van der Waals surface area (Å²) in [6.45, 7) is 5.25. The molecule has 0 aliphatic rings. The molecule has 0 bridgehead atoms. The number of benzene rings is 2. The summed E-state index contributed by atoms with van der Waals surface area (Å²) in [5.41, 5.74) is 2.63. The van der Waals surface area contributed by atoms with Crippen LogP contribution >= 0.6 is 27.3 Å². The molecule has 0 saturated heterocycles. The largest absolute Gasteiger partial charge is 0.306 e. The first-order valence-electron chi connectivity index (χ1n) is 7.17. The highest BCUT2D eigenvalue weighted by molar-refractivity contribution is 9.11. The van der Waals surface area contributed by atoms with Crippen molar-refractivity contribution in [2.75, 3.05) is 6.54 Å². The summed E-state index contributed by atoms with van der Waals surface area (Å²) in [5.74, 6) is 0. The van der Waals surface area contributed by atoms with Crippen LogP contribution in [0.25, 0.3) is 10.8 Å². The second kappa shape index (κ2) is 6.30. The highest BCUT2D eigenvalue weighted by Gasteiger charge is 2.16. The molecule has 3 rings (SSSR count). The fourth-order valence-electron chi connectivity index (χ4n) is 2.60. The van der Waals surface area contributed by atoms with Crippen molar-refractivity contribution in [1.82, 2.24) is 5.32 Å². The number of fused-ring (bicyclic) bond motifs is 1. The summed E-state index contributed by atoms with van der Waals surface area (Å²) in [5, 5.41) is 6.20. The fourth-order valence-corrected chi connectivity index (χ4v) is 4.28. The van der Waals surface area contributed by atoms with Crippen molar-refractivity contribution in [1.29, 1.82) is 0 Å². The van der Waals surface area contributed by atoms with Gasteiger partial charge in [0.2, 0.25) is 0 Å². The zero-order chi connectivity index (χ0) is 14.8. The molecule has 0 saturated carbocycles. The maximum atomic E-state index is 3.64. The molecule has 0 aliphatic heterocycles. The minimum atomic E-state index is 0.259. The van der Waals surface area contributed by atoms with Gasteiger partial charge in [-0.25, -0.2) is 0 Å². The molecule has 1 N–H and O–H groups in total. The van der Waals surface area contributed by atoms with E-state index in [-0.39, 0.29) is 6.04 Å². The molecule has 1 aromatic heterocycles. The molecule has 3 aromatic rings. The van der Waals surface area contributed by atoms with Crippen LogP contribution < -0.4 is 5.32 Å². The lowest BCUT2D eigenvalue weighted by Crippen LogP contribution is -2.21. The number of hydrogen-bond acceptors (Lipinski definition) is 2. The first-order chi connectivity index (χ1) is 10.2. The Morgan fingerprint density at radius 3 is 2.52 bits per heavy atom. The van der Waals surface area contributed by atoms with Crippen LogP contribution in [0.3, 0.4) is 0 Å². The van der Waals surface area contributed by atoms with Crippen LogP contribution in [-0.2, 0) is 0 Å². The average Bonchev–Trinajstić information content (AvgIpc) is 2.83. The van der Waals surface area contributed by atoms with Crippen LogP contribution in [0.5, 0.6) is 0 Å². The minimum absolute atomic E-state index is 0.259. The predicted molar refractivity (Wildman–Crippen MR) is 96.2 cm³/mol. The van der Waals surface area contributed by atoms with Gasteiger partial charge in [-0.05, 0) is 63.4 Å². The van der Waals surface area contributed by atoms with Crippen molar-refractivity contribution >= 4 is 38.0 Å². The quantitative estimate of drug-likeness (QED) is 0.632. The van der Waals surface area contributed by atoms with Crippen LogP contribution in [0.4, 0.5) is 0 Å². The molecule has 0 radical (unpaired) electrons. The number of hydrogen-bond donors (Lipinski definition) is 1. The van der Waals surface area contributed by atoms with Crippen molar-refractivity contribution in [2.24, 2.45) is 0 Å². The van der Waals surface area contributed by atoms with E-state index in [0.717, 1.165) is 6.54 Å². The van der Waals surface area contributed by atoms with Gasteiger partial charge < -0.3 is 5.32 Å². The molecule has 108 valence electrons. The van der Waals surface area contributed by atoms with E-state index < -0.39 is 0 Å². The molecule has 1 atom stereocenters. The van der Waals surface area contributed by atoms with Gasteiger partial charge in [0.1, 0.15) is 0 Å². The normalized spacial score (nSPS) is 12.7. The van der Waals surface area contributed by atoms with E-state index in [2.05, 4.69) is 83.6 Å². The minimum Gasteiger partial charge on any atom is -0.306 e. The second-order valence-corrected chi connectivity index (χ2v) is 7.60. The van der Waals surface area contributed by atoms with E-state index >= 15 is 0 Å². The van der Waals surface area contributed by atoms with Crippen molar-refractivity contribution in [3.8, 4) is 0 Å². The fraction of sp³-hybridized carbons (Fsp3) is 0.222. The number of nitrogens with one attached hydrogen (secondary N) is 1. The van der Waals surface area contributed by atoms with E-state index in [9.17, 15) is 0 Å². The van der Waals surface area contributed by atoms with Gasteiger partial charge in [-0.3, -0.25) is 0 Å². The SMILES string of the molecule is CCNC(c1ccc2ccccc2c1)c1cc(C)c(Br)s1. The standard InChI is InChI=1S/C18H18BrNS/c1-3-20-17(16-10-12(2)18(19)21-16)15-9-8-13-6-4-5-7-14(13)11-15/h4-11,17,20H,3H2,1-2H3. The van der Waals surface area contributed by atoms with Crippen LogP contribution in [0, 0.1) is 6.92 Å². The average molecular weight is 360 g/mol. The van der Waals surface area contributed by atoms with Gasteiger partial charge in [-0.2, -0.15) is 0 Å². The van der Waals surface area contributed by atoms with E-state index in [1.807, 2.05) is 11.3 Å². The Kier molecular flexibility index (Phi) is 4.43. The maximum Gasteiger partial charge on any atom is 0.0731 e. The van der Waals surface area contributed by atoms with Gasteiger partial charge in [0.25, 0.3) is 0 Å². The first kappa shape index (κ1) is 14.8. The number of rotatable bonds is 4. The van der Waals surface area contributed by atoms with Crippen molar-refractivity contribution in [2.45, 2.75) is 19.9 Å². The summed E-state index contributed by atoms with van der Waals surface area (Å²) in [7, 11) is 0. The van der Waals surface area contributed by atoms with E-state index in [1.54, 1.807) is 0 Å². The molecule has 0 amide bonds. The zero-order valence-electron chi connectivity index (χ0n) is 12.2. The Balaban J connectivity index is 2.06. The monoisotopic (exact) mass is 359 g/mol. The Hall–Kier alpha value is -1.16. The molecule has 0 aliphatic carbocycles. The first-order valence-corrected chi connectivity index (χ1v) is 8.78.